The Kier molecular flexibility index (Phi) is 6.41. The Hall–Kier alpha value is -3.48. The van der Waals surface area contributed by atoms with Crippen LogP contribution >= 0.6 is 23.4 Å². The Morgan fingerprint density at radius 3 is 2.66 bits per heavy atom. The molecule has 0 unspecified atom stereocenters. The second kappa shape index (κ2) is 9.64. The first-order valence-electron chi connectivity index (χ1n) is 11.2. The van der Waals surface area contributed by atoms with Crippen LogP contribution in [-0.4, -0.2) is 22.7 Å². The van der Waals surface area contributed by atoms with E-state index in [1.54, 1.807) is 24.9 Å². The van der Waals surface area contributed by atoms with E-state index in [4.69, 9.17) is 16.3 Å². The maximum atomic E-state index is 13.0. The van der Waals surface area contributed by atoms with E-state index in [0.29, 0.717) is 17.1 Å². The minimum atomic E-state index is -0.0545. The Labute approximate surface area is 213 Å². The van der Waals surface area contributed by atoms with Crippen LogP contribution in [0.2, 0.25) is 5.02 Å². The fraction of sp³-hybridized carbons (Fsp3) is 0.143. The van der Waals surface area contributed by atoms with Crippen LogP contribution in [-0.2, 0) is 6.54 Å². The van der Waals surface area contributed by atoms with Crippen molar-refractivity contribution in [3.05, 3.63) is 99.8 Å². The number of aryl methyl sites for hydroxylation is 1. The number of ether oxygens (including phenoxy) is 1. The zero-order valence-corrected chi connectivity index (χ0v) is 21.2. The van der Waals surface area contributed by atoms with Crippen LogP contribution in [0.5, 0.6) is 5.75 Å². The van der Waals surface area contributed by atoms with Crippen molar-refractivity contribution >= 4 is 46.6 Å². The topological polar surface area (TPSA) is 56.1 Å². The highest BCUT2D eigenvalue weighted by Gasteiger charge is 2.17. The molecule has 2 heterocycles. The molecule has 1 N–H and O–H groups in total. The SMILES string of the molecule is COc1ccc(/C=C/C(=O)c2ccc3c(c2)Nc2ccccc2S3)cc1Cn1nc(C)c(Cl)c1C. The number of nitrogens with zero attached hydrogens (tertiary/aromatic N) is 2. The number of aromatic nitrogens is 2. The quantitative estimate of drug-likeness (QED) is 0.195. The summed E-state index contributed by atoms with van der Waals surface area (Å²) in [4.78, 5) is 15.2. The molecule has 1 aromatic heterocycles. The minimum absolute atomic E-state index is 0.0545. The maximum Gasteiger partial charge on any atom is 0.185 e. The number of allylic oxidation sites excluding steroid dienone is 1. The van der Waals surface area contributed by atoms with Crippen molar-refractivity contribution in [1.82, 2.24) is 9.78 Å². The molecule has 4 aromatic rings. The van der Waals surface area contributed by atoms with Gasteiger partial charge in [-0.15, -0.1) is 0 Å². The average Bonchev–Trinajstić information content (AvgIpc) is 3.12. The smallest absolute Gasteiger partial charge is 0.185 e. The molecular formula is C28H24ClN3O2S. The van der Waals surface area contributed by atoms with Gasteiger partial charge in [0, 0.05) is 20.9 Å². The summed E-state index contributed by atoms with van der Waals surface area (Å²) >= 11 is 8.02. The molecule has 7 heteroatoms. The van der Waals surface area contributed by atoms with Crippen molar-refractivity contribution in [3.8, 4) is 5.75 Å². The number of nitrogens with one attached hydrogen (secondary N) is 1. The fourth-order valence-corrected chi connectivity index (χ4v) is 5.18. The average molecular weight is 502 g/mol. The van der Waals surface area contributed by atoms with Crippen molar-refractivity contribution < 1.29 is 9.53 Å². The lowest BCUT2D eigenvalue weighted by molar-refractivity contribution is 0.104. The molecule has 0 atom stereocenters. The van der Waals surface area contributed by atoms with E-state index < -0.39 is 0 Å². The van der Waals surface area contributed by atoms with E-state index in [-0.39, 0.29) is 5.78 Å². The van der Waals surface area contributed by atoms with E-state index in [1.165, 1.54) is 4.90 Å². The highest BCUT2D eigenvalue weighted by atomic mass is 35.5. The number of para-hydroxylation sites is 1. The first-order valence-corrected chi connectivity index (χ1v) is 12.4. The second-order valence-electron chi connectivity index (χ2n) is 8.35. The molecule has 0 radical (unpaired) electrons. The lowest BCUT2D eigenvalue weighted by atomic mass is 10.1. The van der Waals surface area contributed by atoms with Crippen molar-refractivity contribution in [2.24, 2.45) is 0 Å². The minimum Gasteiger partial charge on any atom is -0.496 e. The molecule has 0 bridgehead atoms. The maximum absolute atomic E-state index is 13.0. The van der Waals surface area contributed by atoms with Gasteiger partial charge >= 0.3 is 0 Å². The molecule has 1 aliphatic heterocycles. The van der Waals surface area contributed by atoms with Gasteiger partial charge in [-0.25, -0.2) is 0 Å². The second-order valence-corrected chi connectivity index (χ2v) is 9.81. The van der Waals surface area contributed by atoms with Crippen molar-refractivity contribution in [1.29, 1.82) is 0 Å². The van der Waals surface area contributed by atoms with Crippen molar-refractivity contribution in [3.63, 3.8) is 0 Å². The molecule has 1 aliphatic rings. The highest BCUT2D eigenvalue weighted by Crippen LogP contribution is 2.44. The van der Waals surface area contributed by atoms with Gasteiger partial charge in [0.25, 0.3) is 0 Å². The summed E-state index contributed by atoms with van der Waals surface area (Å²) in [5, 5.41) is 8.63. The molecule has 5 nitrogen and oxygen atoms in total. The Morgan fingerprint density at radius 2 is 1.89 bits per heavy atom. The summed E-state index contributed by atoms with van der Waals surface area (Å²) in [7, 11) is 1.65. The predicted octanol–water partition coefficient (Wildman–Crippen LogP) is 7.31. The van der Waals surface area contributed by atoms with E-state index in [2.05, 4.69) is 16.5 Å². The first kappa shape index (κ1) is 23.3. The van der Waals surface area contributed by atoms with Crippen LogP contribution in [0, 0.1) is 13.8 Å². The van der Waals surface area contributed by atoms with Gasteiger partial charge < -0.3 is 10.1 Å². The molecule has 5 rings (SSSR count). The number of carbonyl (C=O) groups excluding carboxylic acids is 1. The first-order chi connectivity index (χ1) is 16.9. The van der Waals surface area contributed by atoms with Crippen molar-refractivity contribution in [2.75, 3.05) is 12.4 Å². The molecule has 0 fully saturated rings. The van der Waals surface area contributed by atoms with Crippen LogP contribution in [0.4, 0.5) is 11.4 Å². The van der Waals surface area contributed by atoms with Crippen LogP contribution in [0.3, 0.4) is 0 Å². The zero-order valence-electron chi connectivity index (χ0n) is 19.6. The van der Waals surface area contributed by atoms with Gasteiger partial charge in [-0.3, -0.25) is 9.48 Å². The van der Waals surface area contributed by atoms with Gasteiger partial charge in [-0.1, -0.05) is 47.6 Å². The van der Waals surface area contributed by atoms with Gasteiger partial charge in [0.05, 0.1) is 41.4 Å². The third-order valence-corrected chi connectivity index (χ3v) is 7.68. The Bertz CT molecular complexity index is 1480. The lowest BCUT2D eigenvalue weighted by Crippen LogP contribution is -2.06. The molecule has 0 saturated heterocycles. The zero-order chi connectivity index (χ0) is 24.5. The summed E-state index contributed by atoms with van der Waals surface area (Å²) in [5.41, 5.74) is 6.21. The molecule has 0 spiro atoms. The van der Waals surface area contributed by atoms with Gasteiger partial charge in [-0.2, -0.15) is 5.10 Å². The molecule has 0 saturated carbocycles. The van der Waals surface area contributed by atoms with E-state index >= 15 is 0 Å². The van der Waals surface area contributed by atoms with Gasteiger partial charge in [-0.05, 0) is 68.0 Å². The summed E-state index contributed by atoms with van der Waals surface area (Å²) < 4.78 is 7.41. The molecular weight excluding hydrogens is 478 g/mol. The van der Waals surface area contributed by atoms with Crippen LogP contribution < -0.4 is 10.1 Å². The third kappa shape index (κ3) is 4.72. The number of hydrogen-bond acceptors (Lipinski definition) is 5. The number of fused-ring (bicyclic) bond motifs is 2. The normalized spacial score (nSPS) is 12.2. The fourth-order valence-electron chi connectivity index (χ4n) is 4.08. The predicted molar refractivity (Wildman–Crippen MR) is 142 cm³/mol. The van der Waals surface area contributed by atoms with E-state index in [0.717, 1.165) is 44.5 Å². The number of halogens is 1. The Balaban J connectivity index is 1.36. The number of ketones is 1. The number of hydrogen-bond donors (Lipinski definition) is 1. The Morgan fingerprint density at radius 1 is 1.09 bits per heavy atom. The third-order valence-electron chi connectivity index (χ3n) is 5.99. The van der Waals surface area contributed by atoms with Gasteiger partial charge in [0.1, 0.15) is 5.75 Å². The number of anilines is 2. The number of methoxy groups -OCH3 is 1. The highest BCUT2D eigenvalue weighted by molar-refractivity contribution is 7.99. The van der Waals surface area contributed by atoms with Crippen LogP contribution in [0.25, 0.3) is 6.08 Å². The summed E-state index contributed by atoms with van der Waals surface area (Å²) in [6.07, 6.45) is 3.44. The molecule has 0 aliphatic carbocycles. The number of carbonyl (C=O) groups is 1. The van der Waals surface area contributed by atoms with Crippen LogP contribution in [0.1, 0.15) is 32.9 Å². The molecule has 0 amide bonds. The standard InChI is InChI=1S/C28H24ClN3O2S/c1-17-28(29)18(2)32(31-17)16-21-14-19(9-12-25(21)34-3)8-11-24(33)20-10-13-27-23(15-20)30-22-6-4-5-7-26(22)35-27/h4-15,30H,16H2,1-3H3/b11-8+. The van der Waals surface area contributed by atoms with Crippen LogP contribution in [0.15, 0.2) is 76.5 Å². The summed E-state index contributed by atoms with van der Waals surface area (Å²) in [6.45, 7) is 4.36. The molecule has 176 valence electrons. The van der Waals surface area contributed by atoms with Gasteiger partial charge in [0.2, 0.25) is 0 Å². The monoisotopic (exact) mass is 501 g/mol. The summed E-state index contributed by atoms with van der Waals surface area (Å²) in [6, 6.07) is 19.8. The van der Waals surface area contributed by atoms with E-state index in [9.17, 15) is 4.79 Å². The van der Waals surface area contributed by atoms with E-state index in [1.807, 2.05) is 79.2 Å². The summed E-state index contributed by atoms with van der Waals surface area (Å²) in [5.74, 6) is 0.705. The largest absolute Gasteiger partial charge is 0.496 e. The lowest BCUT2D eigenvalue weighted by Gasteiger charge is -2.20. The molecule has 3 aromatic carbocycles. The number of rotatable bonds is 6. The van der Waals surface area contributed by atoms with Crippen molar-refractivity contribution in [2.45, 2.75) is 30.2 Å². The van der Waals surface area contributed by atoms with Gasteiger partial charge in [0.15, 0.2) is 5.78 Å². The molecule has 35 heavy (non-hydrogen) atoms. The number of benzene rings is 3.